The first-order valence-electron chi connectivity index (χ1n) is 18.1. The van der Waals surface area contributed by atoms with Crippen molar-refractivity contribution in [1.29, 1.82) is 0 Å². The molecule has 2 aliphatic heterocycles. The van der Waals surface area contributed by atoms with E-state index in [9.17, 15) is 37.5 Å². The number of aromatic hydroxyl groups is 1. The Morgan fingerprint density at radius 1 is 0.783 bits per heavy atom. The van der Waals surface area contributed by atoms with Crippen molar-refractivity contribution in [3.8, 4) is 11.5 Å². The van der Waals surface area contributed by atoms with Gasteiger partial charge >= 0.3 is 0 Å². The molecule has 310 valence electrons. The molecule has 1 N–H and O–H groups in total. The Bertz CT molecular complexity index is 2590. The minimum Gasteiger partial charge on any atom is -0.503 e. The summed E-state index contributed by atoms with van der Waals surface area (Å²) >= 11 is 20.8. The minimum atomic E-state index is -2.80. The fourth-order valence-corrected chi connectivity index (χ4v) is 9.87. The number of hydrogen-bond donors (Lipinski definition) is 1. The van der Waals surface area contributed by atoms with Gasteiger partial charge in [0.25, 0.3) is 11.8 Å². The van der Waals surface area contributed by atoms with Crippen molar-refractivity contribution >= 4 is 86.9 Å². The van der Waals surface area contributed by atoms with E-state index in [0.717, 1.165) is 16.7 Å². The van der Waals surface area contributed by atoms with Crippen molar-refractivity contribution < 1.29 is 51.0 Å². The zero-order valence-corrected chi connectivity index (χ0v) is 33.6. The van der Waals surface area contributed by atoms with Gasteiger partial charge in [-0.1, -0.05) is 23.3 Å². The molecule has 0 aromatic heterocycles. The third kappa shape index (κ3) is 5.81. The lowest BCUT2D eigenvalue weighted by Gasteiger charge is -2.50. The molecule has 3 fully saturated rings. The van der Waals surface area contributed by atoms with E-state index in [-0.39, 0.29) is 38.9 Å². The second-order valence-corrected chi connectivity index (χ2v) is 16.5. The predicted octanol–water partition coefficient (Wildman–Crippen LogP) is 9.00. The standard InChI is InChI=1S/C41H29Cl3F5N5O6/c1-52(2)20-8-4-18(5-9-20)50-51-19-6-10-21(11-7-19)53-36(56)23-13-12-22-24(27(23)37(53)57)16-40(43)38(58)54(34-32(48)30(46)29(45)31(47)33(34)49)39(59)41(40,44)28(22)17-14-25(42)35(55)26(15-17)60-3/h4-12,14-15,23-24,27-28,55H,13,16H2,1-3H3. The highest BCUT2D eigenvalue weighted by molar-refractivity contribution is 6.58. The van der Waals surface area contributed by atoms with Crippen molar-refractivity contribution in [1.82, 2.24) is 0 Å². The predicted molar refractivity (Wildman–Crippen MR) is 210 cm³/mol. The molecule has 0 bridgehead atoms. The maximum atomic E-state index is 15.4. The van der Waals surface area contributed by atoms with Gasteiger partial charge in [0, 0.05) is 25.7 Å². The third-order valence-electron chi connectivity index (χ3n) is 11.6. The fraction of sp³-hybridized carbons (Fsp3) is 0.268. The van der Waals surface area contributed by atoms with E-state index in [1.165, 1.54) is 31.4 Å². The Kier molecular flexibility index (Phi) is 9.99. The molecule has 2 heterocycles. The molecule has 60 heavy (non-hydrogen) atoms. The molecule has 11 nitrogen and oxygen atoms in total. The number of phenols is 1. The molecule has 6 unspecified atom stereocenters. The van der Waals surface area contributed by atoms with E-state index in [1.54, 1.807) is 24.3 Å². The number of rotatable bonds is 7. The van der Waals surface area contributed by atoms with Gasteiger partial charge in [0.15, 0.2) is 44.5 Å². The highest BCUT2D eigenvalue weighted by atomic mass is 35.5. The average Bonchev–Trinajstić information content (AvgIpc) is 3.57. The van der Waals surface area contributed by atoms with Crippen LogP contribution in [0.25, 0.3) is 0 Å². The van der Waals surface area contributed by atoms with Gasteiger partial charge < -0.3 is 14.7 Å². The number of halogens is 8. The molecular weight excluding hydrogens is 860 g/mol. The summed E-state index contributed by atoms with van der Waals surface area (Å²) in [6.45, 7) is 0. The van der Waals surface area contributed by atoms with Gasteiger partial charge in [-0.3, -0.25) is 24.1 Å². The summed E-state index contributed by atoms with van der Waals surface area (Å²) < 4.78 is 79.3. The van der Waals surface area contributed by atoms with Crippen molar-refractivity contribution in [2.24, 2.45) is 28.0 Å². The van der Waals surface area contributed by atoms with Crippen molar-refractivity contribution in [3.05, 3.63) is 112 Å². The highest BCUT2D eigenvalue weighted by Crippen LogP contribution is 2.66. The van der Waals surface area contributed by atoms with E-state index in [1.807, 2.05) is 31.1 Å². The van der Waals surface area contributed by atoms with Crippen molar-refractivity contribution in [3.63, 3.8) is 0 Å². The Hall–Kier alpha value is -5.58. The van der Waals surface area contributed by atoms with Gasteiger partial charge in [-0.25, -0.2) is 26.9 Å². The van der Waals surface area contributed by atoms with Crippen molar-refractivity contribution in [2.75, 3.05) is 35.9 Å². The largest absolute Gasteiger partial charge is 0.503 e. The zero-order chi connectivity index (χ0) is 43.3. The number of azo groups is 1. The number of phenolic OH excluding ortho intramolecular Hbond substituents is 1. The van der Waals surface area contributed by atoms with Crippen LogP contribution < -0.4 is 19.4 Å². The van der Waals surface area contributed by atoms with Crippen LogP contribution in [0.15, 0.2) is 82.5 Å². The Morgan fingerprint density at radius 3 is 1.92 bits per heavy atom. The monoisotopic (exact) mass is 887 g/mol. The molecule has 8 rings (SSSR count). The maximum Gasteiger partial charge on any atom is 0.258 e. The van der Waals surface area contributed by atoms with E-state index in [4.69, 9.17) is 39.5 Å². The molecule has 2 saturated heterocycles. The molecule has 4 amide bonds. The number of methoxy groups -OCH3 is 1. The van der Waals surface area contributed by atoms with Crippen LogP contribution >= 0.6 is 34.8 Å². The second-order valence-electron chi connectivity index (χ2n) is 14.9. The molecule has 4 aliphatic rings. The number of alkyl halides is 2. The smallest absolute Gasteiger partial charge is 0.258 e. The third-order valence-corrected chi connectivity index (χ3v) is 13.3. The van der Waals surface area contributed by atoms with Gasteiger partial charge in [0.1, 0.15) is 5.69 Å². The first-order valence-corrected chi connectivity index (χ1v) is 19.2. The number of allylic oxidation sites excluding steroid dienone is 2. The van der Waals surface area contributed by atoms with E-state index in [0.29, 0.717) is 11.4 Å². The van der Waals surface area contributed by atoms with Crippen molar-refractivity contribution in [2.45, 2.75) is 28.5 Å². The SMILES string of the molecule is COc1cc(C2C3=CCC4C(=O)N(c5ccc(N=Nc6ccc(N(C)C)cc6)cc5)C(=O)C4C3CC3(Cl)C(=O)N(c4c(F)c(F)c(F)c(F)c4F)C(=O)C23Cl)cc(Cl)c1O. The van der Waals surface area contributed by atoms with Crippen LogP contribution in [-0.2, 0) is 19.2 Å². The number of carbonyl (C=O) groups excluding carboxylic acids is 4. The fourth-order valence-electron chi connectivity index (χ4n) is 8.71. The number of amides is 4. The van der Waals surface area contributed by atoms with Crippen LogP contribution in [0.1, 0.15) is 24.3 Å². The van der Waals surface area contributed by atoms with Crippen LogP contribution in [0.4, 0.5) is 50.4 Å². The molecule has 4 aromatic rings. The molecule has 0 radical (unpaired) electrons. The lowest BCUT2D eigenvalue weighted by atomic mass is 9.56. The van der Waals surface area contributed by atoms with Crippen LogP contribution in [0.2, 0.25) is 5.02 Å². The number of fused-ring (bicyclic) bond motifs is 4. The molecular formula is C41H29Cl3F5N5O6. The Labute approximate surface area is 352 Å². The van der Waals surface area contributed by atoms with Gasteiger partial charge in [-0.05, 0) is 85.0 Å². The number of anilines is 3. The first kappa shape index (κ1) is 41.2. The van der Waals surface area contributed by atoms with Gasteiger partial charge in [-0.2, -0.15) is 10.2 Å². The number of hydrogen-bond acceptors (Lipinski definition) is 9. The minimum absolute atomic E-state index is 0.0449. The van der Waals surface area contributed by atoms with Crippen LogP contribution in [-0.4, -0.2) is 59.7 Å². The lowest BCUT2D eigenvalue weighted by Crippen LogP contribution is -2.60. The average molecular weight is 889 g/mol. The van der Waals surface area contributed by atoms with Crippen LogP contribution in [0.3, 0.4) is 0 Å². The van der Waals surface area contributed by atoms with E-state index < -0.39 is 104 Å². The lowest BCUT2D eigenvalue weighted by molar-refractivity contribution is -0.125. The maximum absolute atomic E-state index is 15.4. The highest BCUT2D eigenvalue weighted by Gasteiger charge is 2.77. The summed E-state index contributed by atoms with van der Waals surface area (Å²) in [4.78, 5) is 54.7. The normalized spacial score (nSPS) is 26.1. The number of carbonyl (C=O) groups is 4. The summed E-state index contributed by atoms with van der Waals surface area (Å²) in [6.07, 6.45) is 0.733. The summed E-state index contributed by atoms with van der Waals surface area (Å²) in [6, 6.07) is 15.7. The molecule has 1 saturated carbocycles. The Balaban J connectivity index is 1.20. The van der Waals surface area contributed by atoms with Gasteiger partial charge in [0.05, 0.1) is 41.0 Å². The molecule has 19 heteroatoms. The molecule has 6 atom stereocenters. The molecule has 2 aliphatic carbocycles. The summed E-state index contributed by atoms with van der Waals surface area (Å²) in [5, 5.41) is 18.7. The number of benzene rings is 4. The summed E-state index contributed by atoms with van der Waals surface area (Å²) in [5.41, 5.74) is 0.354. The molecule has 4 aromatic carbocycles. The number of nitrogens with zero attached hydrogens (tertiary/aromatic N) is 5. The summed E-state index contributed by atoms with van der Waals surface area (Å²) in [5.74, 6) is -23.0. The van der Waals surface area contributed by atoms with Gasteiger partial charge in [0.2, 0.25) is 17.6 Å². The Morgan fingerprint density at radius 2 is 1.35 bits per heavy atom. The van der Waals surface area contributed by atoms with Crippen LogP contribution in [0, 0.1) is 46.8 Å². The summed E-state index contributed by atoms with van der Waals surface area (Å²) in [7, 11) is 4.98. The number of imide groups is 2. The van der Waals surface area contributed by atoms with E-state index >= 15 is 8.78 Å². The molecule has 0 spiro atoms. The van der Waals surface area contributed by atoms with Gasteiger partial charge in [-0.15, -0.1) is 23.2 Å². The van der Waals surface area contributed by atoms with Crippen LogP contribution in [0.5, 0.6) is 11.5 Å². The van der Waals surface area contributed by atoms with E-state index in [2.05, 4.69) is 10.2 Å². The second kappa shape index (κ2) is 14.6. The zero-order valence-electron chi connectivity index (χ0n) is 31.3. The first-order chi connectivity index (χ1) is 28.4. The topological polar surface area (TPSA) is 132 Å². The quantitative estimate of drug-likeness (QED) is 0.0373. The number of ether oxygens (including phenoxy) is 1.